The van der Waals surface area contributed by atoms with Gasteiger partial charge in [-0.05, 0) is 37.3 Å². The quantitative estimate of drug-likeness (QED) is 0.434. The van der Waals surface area contributed by atoms with Crippen molar-refractivity contribution in [1.82, 2.24) is 15.0 Å². The van der Waals surface area contributed by atoms with E-state index in [2.05, 4.69) is 25.3 Å². The Morgan fingerprint density at radius 3 is 2.64 bits per heavy atom. The summed E-state index contributed by atoms with van der Waals surface area (Å²) in [6.07, 6.45) is 2.30. The minimum atomic E-state index is -2.85. The molecule has 0 fully saturated rings. The van der Waals surface area contributed by atoms with Crippen molar-refractivity contribution in [3.63, 3.8) is 0 Å². The molecule has 0 aliphatic heterocycles. The van der Waals surface area contributed by atoms with Crippen molar-refractivity contribution >= 4 is 40.7 Å². The van der Waals surface area contributed by atoms with Crippen LogP contribution in [0, 0.1) is 5.82 Å². The molecule has 0 atom stereocenters. The molecule has 8 nitrogen and oxygen atoms in total. The first-order chi connectivity index (χ1) is 15.6. The molecule has 2 heterocycles. The number of anilines is 2. The maximum atomic E-state index is 13.4. The lowest BCUT2D eigenvalue weighted by Crippen LogP contribution is -2.11. The van der Waals surface area contributed by atoms with Gasteiger partial charge in [0.05, 0.1) is 16.3 Å². The average Bonchev–Trinajstić information content (AvgIpc) is 2.76. The Morgan fingerprint density at radius 1 is 1.21 bits per heavy atom. The van der Waals surface area contributed by atoms with Gasteiger partial charge in [-0.3, -0.25) is 9.78 Å². The van der Waals surface area contributed by atoms with Gasteiger partial charge in [0.25, 0.3) is 6.43 Å². The van der Waals surface area contributed by atoms with Crippen LogP contribution in [0.25, 0.3) is 11.1 Å². The monoisotopic (exact) mass is 475 g/mol. The highest BCUT2D eigenvalue weighted by Gasteiger charge is 2.13. The molecule has 0 spiro atoms. The summed E-state index contributed by atoms with van der Waals surface area (Å²) in [4.78, 5) is 28.3. The topological polar surface area (TPSA) is 132 Å². The summed E-state index contributed by atoms with van der Waals surface area (Å²) in [6.45, 7) is 1.46. The Bertz CT molecular complexity index is 1260. The number of halogens is 4. The Kier molecular flexibility index (Phi) is 7.23. The number of allylic oxidation sites excluding steroid dienone is 2. The van der Waals surface area contributed by atoms with Crippen LogP contribution < -0.4 is 16.8 Å². The first-order valence-electron chi connectivity index (χ1n) is 9.29. The number of amides is 1. The molecule has 3 aromatic rings. The minimum absolute atomic E-state index is 0.0674. The van der Waals surface area contributed by atoms with Gasteiger partial charge in [0.1, 0.15) is 5.82 Å². The first kappa shape index (κ1) is 23.7. The lowest BCUT2D eigenvalue weighted by Gasteiger charge is -2.10. The number of hydrogen-bond acceptors (Lipinski definition) is 7. The van der Waals surface area contributed by atoms with Crippen molar-refractivity contribution in [2.45, 2.75) is 13.3 Å². The zero-order valence-corrected chi connectivity index (χ0v) is 17.8. The molecule has 0 unspecified atom stereocenters. The summed E-state index contributed by atoms with van der Waals surface area (Å²) in [6, 6.07) is 5.41. The summed E-state index contributed by atoms with van der Waals surface area (Å²) in [5, 5.41) is 2.76. The van der Waals surface area contributed by atoms with Crippen LogP contribution in [0.1, 0.15) is 17.3 Å². The van der Waals surface area contributed by atoms with Crippen LogP contribution >= 0.6 is 11.6 Å². The van der Waals surface area contributed by atoms with Crippen LogP contribution in [0.2, 0.25) is 5.02 Å². The van der Waals surface area contributed by atoms with Gasteiger partial charge in [-0.1, -0.05) is 11.6 Å². The highest BCUT2D eigenvalue weighted by Crippen LogP contribution is 2.30. The van der Waals surface area contributed by atoms with E-state index < -0.39 is 23.8 Å². The molecular weight excluding hydrogens is 459 g/mol. The third kappa shape index (κ3) is 6.04. The standard InChI is InChI=1S/C21H17ClF3N7O/c1-10(4-17(26)18(24)25)30-20-14(11-5-12(19(27)33)8-28-7-11)9-29-21(32-20)31-13-2-3-16(23)15(22)6-13/h2-9,18H,26H2,1H3,(H2,27,33)(H,29,31,32). The van der Waals surface area contributed by atoms with Gasteiger partial charge in [0, 0.05) is 41.1 Å². The molecule has 33 heavy (non-hydrogen) atoms. The Morgan fingerprint density at radius 2 is 1.97 bits per heavy atom. The fourth-order valence-electron chi connectivity index (χ4n) is 2.65. The van der Waals surface area contributed by atoms with E-state index in [0.717, 1.165) is 6.08 Å². The second-order valence-electron chi connectivity index (χ2n) is 6.71. The van der Waals surface area contributed by atoms with Crippen LogP contribution in [0.5, 0.6) is 0 Å². The van der Waals surface area contributed by atoms with Gasteiger partial charge >= 0.3 is 0 Å². The number of rotatable bonds is 7. The maximum absolute atomic E-state index is 13.4. The van der Waals surface area contributed by atoms with Crippen molar-refractivity contribution in [2.24, 2.45) is 16.5 Å². The van der Waals surface area contributed by atoms with Crippen LogP contribution in [-0.4, -0.2) is 33.0 Å². The molecule has 1 aromatic carbocycles. The van der Waals surface area contributed by atoms with Crippen LogP contribution in [-0.2, 0) is 0 Å². The number of benzene rings is 1. The number of nitrogens with zero attached hydrogens (tertiary/aromatic N) is 4. The number of carbonyl (C=O) groups is 1. The lowest BCUT2D eigenvalue weighted by atomic mass is 10.1. The lowest BCUT2D eigenvalue weighted by molar-refractivity contribution is 0.1000. The Labute approximate surface area is 191 Å². The summed E-state index contributed by atoms with van der Waals surface area (Å²) < 4.78 is 39.0. The highest BCUT2D eigenvalue weighted by atomic mass is 35.5. The molecule has 0 radical (unpaired) electrons. The van der Waals surface area contributed by atoms with E-state index in [1.54, 1.807) is 0 Å². The third-order valence-electron chi connectivity index (χ3n) is 4.19. The number of aromatic nitrogens is 3. The van der Waals surface area contributed by atoms with E-state index in [0.29, 0.717) is 16.8 Å². The normalized spacial score (nSPS) is 12.2. The average molecular weight is 476 g/mol. The molecule has 2 aromatic heterocycles. The zero-order chi connectivity index (χ0) is 24.1. The number of nitrogens with two attached hydrogens (primary N) is 2. The smallest absolute Gasteiger partial charge is 0.277 e. The van der Waals surface area contributed by atoms with E-state index in [1.807, 2.05) is 0 Å². The largest absolute Gasteiger partial charge is 0.397 e. The van der Waals surface area contributed by atoms with Crippen molar-refractivity contribution in [2.75, 3.05) is 5.32 Å². The molecule has 0 saturated carbocycles. The van der Waals surface area contributed by atoms with Crippen molar-refractivity contribution in [3.8, 4) is 11.1 Å². The SMILES string of the molecule is CC(C=C(N)C(F)F)=Nc1nc(Nc2ccc(F)c(Cl)c2)ncc1-c1cncc(C(N)=O)c1. The number of primary amides is 1. The summed E-state index contributed by atoms with van der Waals surface area (Å²) in [5.41, 5.74) is 11.4. The second-order valence-corrected chi connectivity index (χ2v) is 7.12. The molecule has 5 N–H and O–H groups in total. The minimum Gasteiger partial charge on any atom is -0.397 e. The summed E-state index contributed by atoms with van der Waals surface area (Å²) >= 11 is 5.80. The molecule has 0 saturated heterocycles. The first-order valence-corrected chi connectivity index (χ1v) is 9.66. The molecule has 0 aliphatic carbocycles. The van der Waals surface area contributed by atoms with E-state index in [4.69, 9.17) is 23.1 Å². The molecule has 3 rings (SSSR count). The number of pyridine rings is 1. The zero-order valence-electron chi connectivity index (χ0n) is 17.1. The van der Waals surface area contributed by atoms with Crippen molar-refractivity contribution in [3.05, 3.63) is 71.0 Å². The van der Waals surface area contributed by atoms with Crippen LogP contribution in [0.4, 0.5) is 30.6 Å². The summed E-state index contributed by atoms with van der Waals surface area (Å²) in [7, 11) is 0. The van der Waals surface area contributed by atoms with Crippen LogP contribution in [0.15, 0.2) is 59.6 Å². The fraction of sp³-hybridized carbons (Fsp3) is 0.0952. The molecule has 1 amide bonds. The predicted molar refractivity (Wildman–Crippen MR) is 120 cm³/mol. The van der Waals surface area contributed by atoms with E-state index in [9.17, 15) is 18.0 Å². The van der Waals surface area contributed by atoms with E-state index in [-0.39, 0.29) is 28.1 Å². The number of hydrogen-bond donors (Lipinski definition) is 3. The van der Waals surface area contributed by atoms with Gasteiger partial charge in [-0.25, -0.2) is 23.1 Å². The molecular formula is C21H17ClF3N7O. The van der Waals surface area contributed by atoms with Gasteiger partial charge in [0.2, 0.25) is 11.9 Å². The maximum Gasteiger partial charge on any atom is 0.277 e. The van der Waals surface area contributed by atoms with E-state index >= 15 is 0 Å². The second kappa shape index (κ2) is 10.1. The molecule has 170 valence electrons. The highest BCUT2D eigenvalue weighted by molar-refractivity contribution is 6.31. The number of carbonyl (C=O) groups excluding carboxylic acids is 1. The fourth-order valence-corrected chi connectivity index (χ4v) is 2.83. The van der Waals surface area contributed by atoms with Crippen molar-refractivity contribution in [1.29, 1.82) is 0 Å². The molecule has 0 bridgehead atoms. The molecule has 12 heteroatoms. The Balaban J connectivity index is 2.08. The Hall–Kier alpha value is -3.99. The van der Waals surface area contributed by atoms with Gasteiger partial charge in [0.15, 0.2) is 5.82 Å². The number of aliphatic imine (C=N–C) groups is 1. The van der Waals surface area contributed by atoms with E-state index in [1.165, 1.54) is 49.8 Å². The van der Waals surface area contributed by atoms with Gasteiger partial charge < -0.3 is 16.8 Å². The number of alkyl halides is 2. The van der Waals surface area contributed by atoms with Gasteiger partial charge in [-0.15, -0.1) is 0 Å². The van der Waals surface area contributed by atoms with Crippen LogP contribution in [0.3, 0.4) is 0 Å². The molecule has 0 aliphatic rings. The number of nitrogens with one attached hydrogen (secondary N) is 1. The van der Waals surface area contributed by atoms with Gasteiger partial charge in [-0.2, -0.15) is 4.98 Å². The van der Waals surface area contributed by atoms with Crippen molar-refractivity contribution < 1.29 is 18.0 Å². The predicted octanol–water partition coefficient (Wildman–Crippen LogP) is 4.37. The summed E-state index contributed by atoms with van der Waals surface area (Å²) in [5.74, 6) is -1.15. The third-order valence-corrected chi connectivity index (χ3v) is 4.48.